The summed E-state index contributed by atoms with van der Waals surface area (Å²) < 4.78 is 0. The van der Waals surface area contributed by atoms with E-state index < -0.39 is 5.91 Å². The summed E-state index contributed by atoms with van der Waals surface area (Å²) in [5, 5.41) is 3.77. The molecule has 3 N–H and O–H groups in total. The predicted molar refractivity (Wildman–Crippen MR) is 154 cm³/mol. The number of aliphatic imine (C=N–C) groups is 1. The Morgan fingerprint density at radius 1 is 1.18 bits per heavy atom. The number of amides is 1. The van der Waals surface area contributed by atoms with E-state index in [2.05, 4.69) is 44.9 Å². The lowest BCUT2D eigenvalue weighted by Gasteiger charge is -2.48. The van der Waals surface area contributed by atoms with E-state index in [1.54, 1.807) is 6.07 Å². The fourth-order valence-corrected chi connectivity index (χ4v) is 6.23. The monoisotopic (exact) mass is 535 g/mol. The number of piperidine rings is 1. The molecular weight excluding hydrogens is 498 g/mol. The number of carbonyl (C=O) groups is 1. The highest BCUT2D eigenvalue weighted by molar-refractivity contribution is 6.31. The number of likely N-dealkylation sites (tertiary alicyclic amines) is 1. The zero-order valence-electron chi connectivity index (χ0n) is 22.4. The highest BCUT2D eigenvalue weighted by atomic mass is 35.5. The number of nitrogens with two attached hydrogens (primary N) is 1. The number of nitrogens with zero attached hydrogens (tertiary/aromatic N) is 5. The number of aromatic nitrogens is 1. The molecule has 1 amide bonds. The van der Waals surface area contributed by atoms with Gasteiger partial charge in [0.05, 0.1) is 6.54 Å². The van der Waals surface area contributed by atoms with Crippen LogP contribution < -0.4 is 16.0 Å². The molecule has 1 atom stereocenters. The number of halogens is 1. The maximum Gasteiger partial charge on any atom is 0.249 e. The van der Waals surface area contributed by atoms with Crippen LogP contribution in [0.3, 0.4) is 0 Å². The molecule has 8 nitrogen and oxygen atoms in total. The van der Waals surface area contributed by atoms with Crippen LogP contribution in [0, 0.1) is 6.92 Å². The molecule has 3 aliphatic rings. The zero-order chi connectivity index (χ0) is 26.6. The first-order valence-electron chi connectivity index (χ1n) is 13.7. The van der Waals surface area contributed by atoms with Crippen molar-refractivity contribution in [3.63, 3.8) is 0 Å². The number of nitrogens with one attached hydrogen (secondary N) is 1. The van der Waals surface area contributed by atoms with Crippen molar-refractivity contribution in [2.24, 2.45) is 10.7 Å². The van der Waals surface area contributed by atoms with E-state index in [1.807, 2.05) is 30.6 Å². The second kappa shape index (κ2) is 11.8. The van der Waals surface area contributed by atoms with Crippen LogP contribution in [0.15, 0.2) is 47.7 Å². The van der Waals surface area contributed by atoms with Crippen molar-refractivity contribution in [3.05, 3.63) is 70.0 Å². The number of piperazine rings is 1. The molecule has 3 aliphatic heterocycles. The van der Waals surface area contributed by atoms with E-state index in [0.717, 1.165) is 81.3 Å². The lowest BCUT2D eigenvalue weighted by molar-refractivity contribution is 0.0609. The van der Waals surface area contributed by atoms with Crippen molar-refractivity contribution in [1.82, 2.24) is 20.1 Å². The average Bonchev–Trinajstić information content (AvgIpc) is 2.94. The van der Waals surface area contributed by atoms with Gasteiger partial charge in [0, 0.05) is 66.8 Å². The van der Waals surface area contributed by atoms with Crippen LogP contribution >= 0.6 is 11.6 Å². The summed E-state index contributed by atoms with van der Waals surface area (Å²) in [5.41, 5.74) is 9.31. The Morgan fingerprint density at radius 2 is 2.00 bits per heavy atom. The quantitative estimate of drug-likeness (QED) is 0.563. The van der Waals surface area contributed by atoms with E-state index in [1.165, 1.54) is 5.56 Å². The molecule has 1 aromatic heterocycles. The molecule has 5 rings (SSSR count). The summed E-state index contributed by atoms with van der Waals surface area (Å²) in [5.74, 6) is 1.55. The Bertz CT molecular complexity index is 1220. The van der Waals surface area contributed by atoms with Gasteiger partial charge in [0.1, 0.15) is 11.7 Å². The number of aryl methyl sites for hydroxylation is 1. The summed E-state index contributed by atoms with van der Waals surface area (Å²) in [6, 6.07) is 8.73. The minimum atomic E-state index is -0.419. The summed E-state index contributed by atoms with van der Waals surface area (Å²) in [6.07, 6.45) is 9.27. The third-order valence-corrected chi connectivity index (χ3v) is 8.31. The SMILES string of the molecule is CCC1CN(c2ncc(C3=NCC=CN3)cc2C)CCN1C1CCN(Cc2ccc(Cl)cc2C(N)=O)CC1. The van der Waals surface area contributed by atoms with E-state index in [-0.39, 0.29) is 0 Å². The molecule has 2 aromatic rings. The molecule has 0 saturated carbocycles. The van der Waals surface area contributed by atoms with Crippen LogP contribution in [0.25, 0.3) is 0 Å². The molecule has 0 radical (unpaired) electrons. The number of hydrogen-bond acceptors (Lipinski definition) is 7. The molecule has 4 heterocycles. The summed E-state index contributed by atoms with van der Waals surface area (Å²) in [6.45, 7) is 10.9. The largest absolute Gasteiger partial charge is 0.366 e. The van der Waals surface area contributed by atoms with Crippen LogP contribution in [0.2, 0.25) is 5.02 Å². The number of amidine groups is 1. The van der Waals surface area contributed by atoms with Crippen molar-refractivity contribution in [2.45, 2.75) is 51.7 Å². The Hall–Kier alpha value is -2.94. The maximum absolute atomic E-state index is 11.9. The number of rotatable bonds is 7. The topological polar surface area (TPSA) is 90.1 Å². The van der Waals surface area contributed by atoms with Crippen LogP contribution in [-0.4, -0.2) is 77.9 Å². The predicted octanol–water partition coefficient (Wildman–Crippen LogP) is 3.57. The molecule has 2 saturated heterocycles. The zero-order valence-corrected chi connectivity index (χ0v) is 23.1. The number of carbonyl (C=O) groups excluding carboxylic acids is 1. The molecule has 2 fully saturated rings. The Balaban J connectivity index is 1.18. The van der Waals surface area contributed by atoms with Gasteiger partial charge in [-0.25, -0.2) is 4.98 Å². The normalized spacial score (nSPS) is 21.3. The van der Waals surface area contributed by atoms with Gasteiger partial charge in [0.15, 0.2) is 0 Å². The molecule has 0 spiro atoms. The van der Waals surface area contributed by atoms with Gasteiger partial charge in [-0.05, 0) is 74.7 Å². The van der Waals surface area contributed by atoms with Crippen molar-refractivity contribution >= 4 is 29.2 Å². The van der Waals surface area contributed by atoms with Crippen molar-refractivity contribution in [3.8, 4) is 0 Å². The van der Waals surface area contributed by atoms with Crippen molar-refractivity contribution in [2.75, 3.05) is 44.2 Å². The van der Waals surface area contributed by atoms with Gasteiger partial charge in [-0.3, -0.25) is 19.6 Å². The molecule has 0 bridgehead atoms. The van der Waals surface area contributed by atoms with Crippen LogP contribution in [-0.2, 0) is 6.54 Å². The number of benzene rings is 1. The smallest absolute Gasteiger partial charge is 0.249 e. The van der Waals surface area contributed by atoms with E-state index in [4.69, 9.17) is 22.3 Å². The molecule has 202 valence electrons. The fourth-order valence-electron chi connectivity index (χ4n) is 6.05. The van der Waals surface area contributed by atoms with Crippen molar-refractivity contribution < 1.29 is 4.79 Å². The summed E-state index contributed by atoms with van der Waals surface area (Å²) in [4.78, 5) is 28.9. The van der Waals surface area contributed by atoms with E-state index in [0.29, 0.717) is 29.2 Å². The lowest BCUT2D eigenvalue weighted by atomic mass is 9.97. The van der Waals surface area contributed by atoms with Gasteiger partial charge in [-0.15, -0.1) is 0 Å². The number of anilines is 1. The Kier molecular flexibility index (Phi) is 8.31. The van der Waals surface area contributed by atoms with Gasteiger partial charge in [0.2, 0.25) is 5.91 Å². The Morgan fingerprint density at radius 3 is 2.68 bits per heavy atom. The van der Waals surface area contributed by atoms with E-state index in [9.17, 15) is 4.79 Å². The van der Waals surface area contributed by atoms with Crippen molar-refractivity contribution in [1.29, 1.82) is 0 Å². The second-order valence-electron chi connectivity index (χ2n) is 10.5. The minimum absolute atomic E-state index is 0.419. The fraction of sp³-hybridized carbons (Fsp3) is 0.483. The lowest BCUT2D eigenvalue weighted by Crippen LogP contribution is -2.58. The first kappa shape index (κ1) is 26.7. The van der Waals surface area contributed by atoms with Crippen LogP contribution in [0.1, 0.15) is 53.2 Å². The molecule has 1 unspecified atom stereocenters. The summed E-state index contributed by atoms with van der Waals surface area (Å²) >= 11 is 6.09. The maximum atomic E-state index is 11.9. The van der Waals surface area contributed by atoms with Crippen LogP contribution in [0.4, 0.5) is 5.82 Å². The standard InChI is InChI=1S/C29H38ClN7O/c1-3-24-19-36(29-20(2)15-22(17-34-29)28-32-9-4-10-33-28)13-14-37(24)25-7-11-35(12-8-25)18-21-5-6-23(30)16-26(21)27(31)38/h4-6,9,15-17,24-25H,3,7-8,10-14,18-19H2,1-2H3,(H2,31,38)(H,32,33). The highest BCUT2D eigenvalue weighted by Gasteiger charge is 2.34. The minimum Gasteiger partial charge on any atom is -0.366 e. The number of hydrogen-bond donors (Lipinski definition) is 2. The first-order valence-corrected chi connectivity index (χ1v) is 14.0. The highest BCUT2D eigenvalue weighted by Crippen LogP contribution is 2.28. The van der Waals surface area contributed by atoms with Gasteiger partial charge in [-0.2, -0.15) is 0 Å². The summed E-state index contributed by atoms with van der Waals surface area (Å²) in [7, 11) is 0. The average molecular weight is 536 g/mol. The number of primary amides is 1. The molecule has 0 aliphatic carbocycles. The third-order valence-electron chi connectivity index (χ3n) is 8.07. The third kappa shape index (κ3) is 5.87. The molecule has 1 aromatic carbocycles. The van der Waals surface area contributed by atoms with Crippen LogP contribution in [0.5, 0.6) is 0 Å². The Labute approximate surface area is 230 Å². The number of pyridine rings is 1. The van der Waals surface area contributed by atoms with Gasteiger partial charge in [0.25, 0.3) is 0 Å². The van der Waals surface area contributed by atoms with E-state index >= 15 is 0 Å². The second-order valence-corrected chi connectivity index (χ2v) is 11.0. The molecular formula is C29H38ClN7O. The molecule has 38 heavy (non-hydrogen) atoms. The first-order chi connectivity index (χ1) is 18.4. The molecule has 9 heteroatoms. The van der Waals surface area contributed by atoms with Gasteiger partial charge < -0.3 is 16.0 Å². The van der Waals surface area contributed by atoms with Gasteiger partial charge in [-0.1, -0.05) is 24.6 Å². The van der Waals surface area contributed by atoms with Gasteiger partial charge >= 0.3 is 0 Å².